The monoisotopic (exact) mass is 326 g/mol. The second-order valence-corrected chi connectivity index (χ2v) is 8.81. The van der Waals surface area contributed by atoms with Gasteiger partial charge in [-0.1, -0.05) is 25.1 Å². The number of aliphatic hydroxyl groups is 2. The molecule has 1 saturated carbocycles. The van der Waals surface area contributed by atoms with E-state index in [-0.39, 0.29) is 17.7 Å². The van der Waals surface area contributed by atoms with Crippen LogP contribution in [0.3, 0.4) is 0 Å². The summed E-state index contributed by atoms with van der Waals surface area (Å²) in [5.74, 6) is 1.14. The van der Waals surface area contributed by atoms with Gasteiger partial charge in [0.1, 0.15) is 6.23 Å². The summed E-state index contributed by atoms with van der Waals surface area (Å²) in [6.07, 6.45) is 2.56. The van der Waals surface area contributed by atoms with E-state index in [0.717, 1.165) is 19.3 Å². The molecule has 6 aliphatic rings. The average Bonchev–Trinajstić information content (AvgIpc) is 2.97. The molecule has 128 valence electrons. The van der Waals surface area contributed by atoms with Gasteiger partial charge in [-0.2, -0.15) is 0 Å². The standard InChI is InChI=1S/C20H26N2O2/c1-3-10-11-8-14-17-20(12-6-4-5-7-13(12)21(17)2)9-15(16(11)18(20)23)22(14)19(10)24/h4-7,10-11,14-19,23-24H,3,8-9H2,1-2H3/t10-,11?,14?,15?,16?,17-,18-,19+,20?/m0/s1. The van der Waals surface area contributed by atoms with Crippen LogP contribution in [0.25, 0.3) is 0 Å². The van der Waals surface area contributed by atoms with Gasteiger partial charge >= 0.3 is 0 Å². The molecule has 5 aliphatic heterocycles. The maximum absolute atomic E-state index is 11.6. The molecule has 4 heteroatoms. The minimum atomic E-state index is -0.319. The molecular formula is C20H26N2O2. The molecule has 1 aliphatic carbocycles. The van der Waals surface area contributed by atoms with Gasteiger partial charge in [-0.15, -0.1) is 0 Å². The van der Waals surface area contributed by atoms with E-state index in [2.05, 4.69) is 48.0 Å². The third-order valence-electron chi connectivity index (χ3n) is 8.46. The van der Waals surface area contributed by atoms with Crippen molar-refractivity contribution in [1.82, 2.24) is 4.90 Å². The lowest BCUT2D eigenvalue weighted by atomic mass is 9.62. The molecule has 1 spiro atoms. The largest absolute Gasteiger partial charge is 0.392 e. The van der Waals surface area contributed by atoms with Crippen molar-refractivity contribution in [2.24, 2.45) is 17.8 Å². The molecular weight excluding hydrogens is 300 g/mol. The topological polar surface area (TPSA) is 46.9 Å². The van der Waals surface area contributed by atoms with E-state index in [4.69, 9.17) is 0 Å². The predicted octanol–water partition coefficient (Wildman–Crippen LogP) is 1.55. The number of aliphatic hydroxyl groups excluding tert-OH is 2. The predicted molar refractivity (Wildman–Crippen MR) is 91.7 cm³/mol. The maximum Gasteiger partial charge on any atom is 0.111 e. The number of benzene rings is 1. The van der Waals surface area contributed by atoms with E-state index in [1.807, 2.05) is 0 Å². The van der Waals surface area contributed by atoms with Gasteiger partial charge in [0, 0.05) is 42.1 Å². The Morgan fingerprint density at radius 2 is 2.00 bits per heavy atom. The van der Waals surface area contributed by atoms with Gasteiger partial charge in [0.05, 0.1) is 12.1 Å². The fourth-order valence-corrected chi connectivity index (χ4v) is 7.88. The molecule has 5 fully saturated rings. The van der Waals surface area contributed by atoms with Crippen molar-refractivity contribution >= 4 is 5.69 Å². The molecule has 24 heavy (non-hydrogen) atoms. The van der Waals surface area contributed by atoms with E-state index >= 15 is 0 Å². The highest BCUT2D eigenvalue weighted by molar-refractivity contribution is 5.67. The molecule has 7 rings (SSSR count). The van der Waals surface area contributed by atoms with Crippen molar-refractivity contribution in [3.05, 3.63) is 29.8 Å². The molecule has 0 aromatic heterocycles. The first-order valence-electron chi connectivity index (χ1n) is 9.57. The van der Waals surface area contributed by atoms with Crippen molar-refractivity contribution in [2.75, 3.05) is 11.9 Å². The summed E-state index contributed by atoms with van der Waals surface area (Å²) in [5, 5.41) is 22.6. The second kappa shape index (κ2) is 4.17. The Labute approximate surface area is 143 Å². The van der Waals surface area contributed by atoms with Gasteiger partial charge in [0.25, 0.3) is 0 Å². The minimum Gasteiger partial charge on any atom is -0.392 e. The maximum atomic E-state index is 11.6. The van der Waals surface area contributed by atoms with Crippen molar-refractivity contribution in [3.8, 4) is 0 Å². The number of hydrogen-bond donors (Lipinski definition) is 2. The van der Waals surface area contributed by atoms with Gasteiger partial charge in [0.2, 0.25) is 0 Å². The van der Waals surface area contributed by atoms with Crippen LogP contribution in [0.1, 0.15) is 31.7 Å². The molecule has 4 nitrogen and oxygen atoms in total. The van der Waals surface area contributed by atoms with Gasteiger partial charge in [-0.25, -0.2) is 0 Å². The summed E-state index contributed by atoms with van der Waals surface area (Å²) in [6.45, 7) is 2.19. The first-order valence-corrected chi connectivity index (χ1v) is 9.57. The first kappa shape index (κ1) is 14.1. The first-order chi connectivity index (χ1) is 11.6. The van der Waals surface area contributed by atoms with Gasteiger partial charge < -0.3 is 15.1 Å². The second-order valence-electron chi connectivity index (χ2n) is 8.81. The van der Waals surface area contributed by atoms with E-state index in [0.29, 0.717) is 35.9 Å². The molecule has 6 unspecified atom stereocenters. The van der Waals surface area contributed by atoms with Crippen LogP contribution in [0.4, 0.5) is 5.69 Å². The number of anilines is 1. The van der Waals surface area contributed by atoms with Crippen molar-refractivity contribution < 1.29 is 10.2 Å². The lowest BCUT2D eigenvalue weighted by molar-refractivity contribution is -0.211. The Morgan fingerprint density at radius 3 is 2.79 bits per heavy atom. The summed E-state index contributed by atoms with van der Waals surface area (Å²) >= 11 is 0. The highest BCUT2D eigenvalue weighted by Crippen LogP contribution is 2.68. The van der Waals surface area contributed by atoms with E-state index in [9.17, 15) is 10.2 Å². The van der Waals surface area contributed by atoms with Crippen molar-refractivity contribution in [3.63, 3.8) is 0 Å². The average molecular weight is 326 g/mol. The van der Waals surface area contributed by atoms with Crippen LogP contribution < -0.4 is 4.90 Å². The fourth-order valence-electron chi connectivity index (χ4n) is 7.88. The molecule has 10 atom stereocenters. The summed E-state index contributed by atoms with van der Waals surface area (Å²) in [7, 11) is 2.19. The lowest BCUT2D eigenvalue weighted by Crippen LogP contribution is -2.72. The highest BCUT2D eigenvalue weighted by Gasteiger charge is 2.76. The van der Waals surface area contributed by atoms with Crippen LogP contribution in [0, 0.1) is 17.8 Å². The lowest BCUT2D eigenvalue weighted by Gasteiger charge is -2.62. The molecule has 0 amide bonds. The van der Waals surface area contributed by atoms with E-state index in [1.165, 1.54) is 11.3 Å². The summed E-state index contributed by atoms with van der Waals surface area (Å²) in [4.78, 5) is 4.83. The SMILES string of the molecule is CC[C@H]1C2CC3[C@@H]4N(C)c5ccccc5C45CC(C2[C@@H]5O)N3[C@@H]1O. The molecule has 0 radical (unpaired) electrons. The van der Waals surface area contributed by atoms with Crippen LogP contribution in [-0.4, -0.2) is 52.6 Å². The van der Waals surface area contributed by atoms with E-state index < -0.39 is 0 Å². The summed E-state index contributed by atoms with van der Waals surface area (Å²) < 4.78 is 0. The fraction of sp³-hybridized carbons (Fsp3) is 0.700. The molecule has 5 bridgehead atoms. The Bertz CT molecular complexity index is 723. The smallest absolute Gasteiger partial charge is 0.111 e. The van der Waals surface area contributed by atoms with Crippen LogP contribution >= 0.6 is 0 Å². The molecule has 2 N–H and O–H groups in total. The number of rotatable bonds is 1. The number of likely N-dealkylation sites (N-methyl/N-ethyl adjacent to an activating group) is 1. The molecule has 5 heterocycles. The van der Waals surface area contributed by atoms with E-state index in [1.54, 1.807) is 0 Å². The Morgan fingerprint density at radius 1 is 1.21 bits per heavy atom. The Balaban J connectivity index is 1.60. The number of fused-ring (bicyclic) bond motifs is 2. The number of piperidine rings is 4. The zero-order chi connectivity index (χ0) is 16.4. The summed E-state index contributed by atoms with van der Waals surface area (Å²) in [5.41, 5.74) is 2.51. The molecule has 1 aromatic rings. The van der Waals surface area contributed by atoms with Crippen LogP contribution in [0.5, 0.6) is 0 Å². The zero-order valence-corrected chi connectivity index (χ0v) is 14.3. The minimum absolute atomic E-state index is 0.126. The molecule has 4 saturated heterocycles. The zero-order valence-electron chi connectivity index (χ0n) is 14.3. The molecule has 1 aromatic carbocycles. The third kappa shape index (κ3) is 1.20. The number of hydrogen-bond acceptors (Lipinski definition) is 4. The quantitative estimate of drug-likeness (QED) is 0.822. The van der Waals surface area contributed by atoms with Crippen molar-refractivity contribution in [1.29, 1.82) is 0 Å². The Kier molecular flexibility index (Phi) is 2.45. The highest BCUT2D eigenvalue weighted by atomic mass is 16.3. The van der Waals surface area contributed by atoms with Crippen LogP contribution in [0.2, 0.25) is 0 Å². The van der Waals surface area contributed by atoms with Crippen LogP contribution in [0.15, 0.2) is 24.3 Å². The van der Waals surface area contributed by atoms with Gasteiger partial charge in [-0.3, -0.25) is 4.90 Å². The van der Waals surface area contributed by atoms with Gasteiger partial charge in [0.15, 0.2) is 0 Å². The third-order valence-corrected chi connectivity index (χ3v) is 8.46. The van der Waals surface area contributed by atoms with Crippen molar-refractivity contribution in [2.45, 2.75) is 62.1 Å². The van der Waals surface area contributed by atoms with Crippen LogP contribution in [-0.2, 0) is 5.41 Å². The number of para-hydroxylation sites is 1. The normalized spacial score (nSPS) is 55.8. The van der Waals surface area contributed by atoms with Gasteiger partial charge in [-0.05, 0) is 36.8 Å². The summed E-state index contributed by atoms with van der Waals surface area (Å²) in [6, 6.07) is 9.70. The number of nitrogens with zero attached hydrogens (tertiary/aromatic N) is 2. The Hall–Kier alpha value is -1.10.